The zero-order chi connectivity index (χ0) is 60.6. The molecule has 0 amide bonds. The van der Waals surface area contributed by atoms with Gasteiger partial charge in [-0.2, -0.15) is 15.8 Å². The molecular weight excluding hydrogens is 939 g/mol. The highest BCUT2D eigenvalue weighted by atomic mass is 19.1. The summed E-state index contributed by atoms with van der Waals surface area (Å²) in [7, 11) is 0. The fourth-order valence-corrected chi connectivity index (χ4v) is 10.1. The van der Waals surface area contributed by atoms with Crippen molar-refractivity contribution in [3.05, 3.63) is 270 Å². The Bertz CT molecular complexity index is 4710. The number of nitrogens with zero attached hydrogens (tertiary/aromatic N) is 6. The number of hydrogen-bond acceptors (Lipinski definition) is 5. The summed E-state index contributed by atoms with van der Waals surface area (Å²) < 4.78 is 128. The van der Waals surface area contributed by atoms with Gasteiger partial charge in [0.15, 0.2) is 17.3 Å². The van der Waals surface area contributed by atoms with Gasteiger partial charge in [0, 0.05) is 44.4 Å². The van der Waals surface area contributed by atoms with Crippen LogP contribution in [0.3, 0.4) is 0 Å². The van der Waals surface area contributed by atoms with Crippen molar-refractivity contribution in [3.8, 4) is 62.7 Å². The summed E-state index contributed by atoms with van der Waals surface area (Å²) in [5.41, 5.74) is 0.643. The molecule has 12 aromatic carbocycles. The Morgan fingerprint density at radius 1 is 0.408 bits per heavy atom. The van der Waals surface area contributed by atoms with Crippen molar-refractivity contribution in [1.82, 2.24) is 0 Å². The van der Waals surface area contributed by atoms with E-state index < -0.39 is 83.4 Å². The second kappa shape index (κ2) is 19.3. The summed E-state index contributed by atoms with van der Waals surface area (Å²) in [5, 5.41) is 33.9. The Morgan fingerprint density at radius 3 is 1.24 bits per heavy atom. The van der Waals surface area contributed by atoms with Gasteiger partial charge in [-0.15, -0.1) is 0 Å². The van der Waals surface area contributed by atoms with E-state index in [1.54, 1.807) is 133 Å². The molecule has 0 N–H and O–H groups in total. The molecule has 0 saturated carbocycles. The molecule has 0 aromatic heterocycles. The molecule has 0 bridgehead atoms. The molecule has 8 heteroatoms. The standard InChI is InChI=1S/C68H38F2N6/c1-74-60-27-15-14-26-55(60)49-37-59(54-25-13-10-18-47(54)42-73)68(70)64(39-49)76(51-21-6-3-7-22-51)62-35-31-44-28-32-56-61(34-30-43-29-33-57(62)66(44)65(43)56)75(50-19-4-2-5-20-50)63-38-48(52-23-11-8-16-45(52)40-71)36-58(67(63)69)53-24-12-9-17-46(53)41-72/h2-39H/i2D,3D,4D,5D,6D,7D,19D,20D,21D,22D. The minimum Gasteiger partial charge on any atom is -0.307 e. The molecule has 0 aliphatic carbocycles. The average molecular weight is 987 g/mol. The van der Waals surface area contributed by atoms with Crippen molar-refractivity contribution >= 4 is 72.1 Å². The smallest absolute Gasteiger partial charge is 0.194 e. The first-order chi connectivity index (χ1) is 41.5. The number of anilines is 6. The maximum atomic E-state index is 18.5. The molecule has 0 unspecified atom stereocenters. The van der Waals surface area contributed by atoms with Crippen LogP contribution in [0.5, 0.6) is 0 Å². The van der Waals surface area contributed by atoms with Gasteiger partial charge in [-0.05, 0) is 123 Å². The van der Waals surface area contributed by atoms with Gasteiger partial charge in [-0.1, -0.05) is 152 Å². The monoisotopic (exact) mass is 986 g/mol. The molecule has 0 fully saturated rings. The molecule has 0 spiro atoms. The molecule has 0 aliphatic rings. The summed E-state index contributed by atoms with van der Waals surface area (Å²) in [6.45, 7) is 8.10. The van der Waals surface area contributed by atoms with E-state index in [9.17, 15) is 21.3 Å². The second-order valence-corrected chi connectivity index (χ2v) is 17.5. The van der Waals surface area contributed by atoms with Gasteiger partial charge < -0.3 is 9.80 Å². The number of para-hydroxylation sites is 3. The molecule has 76 heavy (non-hydrogen) atoms. The topological polar surface area (TPSA) is 82.2 Å². The highest BCUT2D eigenvalue weighted by Gasteiger charge is 2.28. The van der Waals surface area contributed by atoms with Crippen molar-refractivity contribution in [2.75, 3.05) is 9.80 Å². The average Bonchev–Trinajstić information content (AvgIpc) is 0.945. The first-order valence-electron chi connectivity index (χ1n) is 28.6. The third-order valence-electron chi connectivity index (χ3n) is 13.5. The van der Waals surface area contributed by atoms with Crippen LogP contribution in [-0.4, -0.2) is 0 Å². The normalized spacial score (nSPS) is 12.8. The lowest BCUT2D eigenvalue weighted by molar-refractivity contribution is 0.632. The van der Waals surface area contributed by atoms with Crippen molar-refractivity contribution in [3.63, 3.8) is 0 Å². The fourth-order valence-electron chi connectivity index (χ4n) is 10.1. The first-order valence-corrected chi connectivity index (χ1v) is 23.6. The number of benzene rings is 12. The highest BCUT2D eigenvalue weighted by molar-refractivity contribution is 6.28. The van der Waals surface area contributed by atoms with Crippen LogP contribution < -0.4 is 9.80 Å². The molecule has 0 heterocycles. The van der Waals surface area contributed by atoms with E-state index in [0.717, 1.165) is 0 Å². The maximum absolute atomic E-state index is 18.5. The van der Waals surface area contributed by atoms with Crippen molar-refractivity contribution in [2.24, 2.45) is 0 Å². The van der Waals surface area contributed by atoms with E-state index in [2.05, 4.69) is 23.1 Å². The van der Waals surface area contributed by atoms with Crippen LogP contribution >= 0.6 is 0 Å². The Balaban J connectivity index is 1.21. The third-order valence-corrected chi connectivity index (χ3v) is 13.5. The van der Waals surface area contributed by atoms with Crippen LogP contribution in [0, 0.1) is 52.2 Å². The molecule has 0 saturated heterocycles. The van der Waals surface area contributed by atoms with Gasteiger partial charge in [-0.3, -0.25) is 0 Å². The molecule has 12 aromatic rings. The van der Waals surface area contributed by atoms with Gasteiger partial charge in [0.25, 0.3) is 0 Å². The van der Waals surface area contributed by atoms with Crippen molar-refractivity contribution < 1.29 is 22.5 Å². The van der Waals surface area contributed by atoms with Crippen LogP contribution in [0.2, 0.25) is 0 Å². The third kappa shape index (κ3) is 7.76. The first kappa shape index (κ1) is 36.1. The van der Waals surface area contributed by atoms with Gasteiger partial charge in [0.1, 0.15) is 0 Å². The van der Waals surface area contributed by atoms with Gasteiger partial charge in [0.2, 0.25) is 0 Å². The van der Waals surface area contributed by atoms with E-state index in [-0.39, 0.29) is 78.5 Å². The minimum atomic E-state index is -0.958. The number of rotatable bonds is 10. The zero-order valence-electron chi connectivity index (χ0n) is 49.6. The summed E-state index contributed by atoms with van der Waals surface area (Å²) >= 11 is 0. The number of nitriles is 3. The Hall–Kier alpha value is -10.9. The molecule has 354 valence electrons. The summed E-state index contributed by atoms with van der Waals surface area (Å²) in [6, 6.07) is 44.6. The molecular formula is C68H38F2N6. The Morgan fingerprint density at radius 2 is 0.789 bits per heavy atom. The second-order valence-electron chi connectivity index (χ2n) is 17.5. The SMILES string of the molecule is [2H]c1c([2H])c([2H])c(N(c2cc(-c3ccccc3C#N)cc(-c3ccccc3C#N)c2F)c2ccc3ccc4c(N(c5cc(-c6ccccc6[N+]#[C-])cc(-c6ccccc6C#N)c5F)c5c([2H])c([2H])c([2H])c([2H])c5[2H])ccc5ccc2c3c54)c([2H])c1[2H]. The summed E-state index contributed by atoms with van der Waals surface area (Å²) in [6.07, 6.45) is 0. The van der Waals surface area contributed by atoms with Crippen LogP contribution in [0.25, 0.3) is 81.7 Å². The lowest BCUT2D eigenvalue weighted by atomic mass is 9.90. The molecule has 0 aliphatic heterocycles. The molecule has 12 rings (SSSR count). The molecule has 6 nitrogen and oxygen atoms in total. The zero-order valence-corrected chi connectivity index (χ0v) is 39.6. The fraction of sp³-hybridized carbons (Fsp3) is 0. The van der Waals surface area contributed by atoms with E-state index in [1.807, 2.05) is 0 Å². The van der Waals surface area contributed by atoms with Gasteiger partial charge in [0.05, 0.1) is 77.9 Å². The predicted octanol–water partition coefficient (Wildman–Crippen LogP) is 18.6. The van der Waals surface area contributed by atoms with Crippen molar-refractivity contribution in [1.29, 1.82) is 15.8 Å². The summed E-state index contributed by atoms with van der Waals surface area (Å²) in [5.74, 6) is -1.91. The Kier molecular flexibility index (Phi) is 9.15. The van der Waals surface area contributed by atoms with Crippen LogP contribution in [0.15, 0.2) is 230 Å². The van der Waals surface area contributed by atoms with Gasteiger partial charge >= 0.3 is 0 Å². The van der Waals surface area contributed by atoms with E-state index in [0.29, 0.717) is 43.4 Å². The summed E-state index contributed by atoms with van der Waals surface area (Å²) in [4.78, 5) is 6.22. The van der Waals surface area contributed by atoms with Gasteiger partial charge in [-0.25, -0.2) is 13.6 Å². The largest absolute Gasteiger partial charge is 0.307 e. The minimum absolute atomic E-state index is 0.0941. The Labute approximate surface area is 451 Å². The van der Waals surface area contributed by atoms with E-state index in [1.165, 1.54) is 46.2 Å². The van der Waals surface area contributed by atoms with E-state index in [4.69, 9.17) is 14.8 Å². The van der Waals surface area contributed by atoms with Crippen LogP contribution in [0.4, 0.5) is 48.6 Å². The van der Waals surface area contributed by atoms with E-state index >= 15 is 8.78 Å². The lowest BCUT2D eigenvalue weighted by Gasteiger charge is -2.30. The lowest BCUT2D eigenvalue weighted by Crippen LogP contribution is -2.14. The maximum Gasteiger partial charge on any atom is 0.194 e. The quantitative estimate of drug-likeness (QED) is 0.101. The molecule has 0 radical (unpaired) electrons. The number of halogens is 2. The van der Waals surface area contributed by atoms with Crippen molar-refractivity contribution in [2.45, 2.75) is 0 Å². The van der Waals surface area contributed by atoms with Crippen LogP contribution in [0.1, 0.15) is 30.4 Å². The highest BCUT2D eigenvalue weighted by Crippen LogP contribution is 2.51. The molecule has 0 atom stereocenters. The predicted molar refractivity (Wildman–Crippen MR) is 302 cm³/mol. The van der Waals surface area contributed by atoms with Crippen LogP contribution in [-0.2, 0) is 0 Å². The number of hydrogen-bond donors (Lipinski definition) is 0.